The smallest absolute Gasteiger partial charge is 0.246 e. The van der Waals surface area contributed by atoms with E-state index in [1.54, 1.807) is 27.9 Å². The van der Waals surface area contributed by atoms with Gasteiger partial charge in [-0.25, -0.2) is 9.07 Å². The lowest BCUT2D eigenvalue weighted by atomic mass is 10.0. The second kappa shape index (κ2) is 8.55. The van der Waals surface area contributed by atoms with Crippen molar-refractivity contribution in [3.63, 3.8) is 0 Å². The van der Waals surface area contributed by atoms with Gasteiger partial charge in [-0.1, -0.05) is 36.4 Å². The van der Waals surface area contributed by atoms with E-state index in [1.165, 1.54) is 12.1 Å². The number of nitrogens with one attached hydrogen (secondary N) is 2. The molecule has 164 valence electrons. The molecule has 0 bridgehead atoms. The molecule has 3 heterocycles. The molecule has 0 unspecified atom stereocenters. The first-order valence-corrected chi connectivity index (χ1v) is 10.7. The number of halogens is 1. The first kappa shape index (κ1) is 20.4. The number of aromatic nitrogens is 2. The highest BCUT2D eigenvalue weighted by Crippen LogP contribution is 2.24. The fourth-order valence-corrected chi connectivity index (χ4v) is 4.47. The maximum Gasteiger partial charge on any atom is 0.246 e. The van der Waals surface area contributed by atoms with Crippen LogP contribution in [0, 0.1) is 5.82 Å². The number of piperazine rings is 1. The number of carbonyl (C=O) groups is 2. The van der Waals surface area contributed by atoms with Crippen LogP contribution in [-0.4, -0.2) is 51.2 Å². The van der Waals surface area contributed by atoms with Crippen LogP contribution >= 0.6 is 0 Å². The third-order valence-corrected chi connectivity index (χ3v) is 6.09. The number of hydrogen-bond donors (Lipinski definition) is 2. The average molecular weight is 433 g/mol. The number of benzene rings is 2. The number of fused-ring (bicyclic) bond motifs is 1. The first-order valence-electron chi connectivity index (χ1n) is 10.7. The quantitative estimate of drug-likeness (QED) is 0.622. The van der Waals surface area contributed by atoms with Gasteiger partial charge in [0, 0.05) is 37.3 Å². The Kier molecular flexibility index (Phi) is 5.45. The summed E-state index contributed by atoms with van der Waals surface area (Å²) in [5.41, 5.74) is 2.62. The summed E-state index contributed by atoms with van der Waals surface area (Å²) in [5.74, 6) is -0.427. The van der Waals surface area contributed by atoms with Crippen LogP contribution in [0.5, 0.6) is 0 Å². The lowest BCUT2D eigenvalue weighted by molar-refractivity contribution is -0.147. The lowest BCUT2D eigenvalue weighted by Gasteiger charge is -2.34. The normalized spacial score (nSPS) is 22.7. The number of hydrogen-bond acceptors (Lipinski definition) is 4. The number of carbonyl (C=O) groups excluding carboxylic acids is 2. The zero-order chi connectivity index (χ0) is 22.1. The summed E-state index contributed by atoms with van der Waals surface area (Å²) in [6, 6.07) is 15.0. The Bertz CT molecular complexity index is 1130. The SMILES string of the molecule is O=C1N[C@@H](Cc2ccccc2)C(=O)N2C[C@@H](NCc3cnn(-c4cccc(F)c4)c3)C[C@@H]12. The summed E-state index contributed by atoms with van der Waals surface area (Å²) in [6.07, 6.45) is 4.64. The molecule has 8 heteroatoms. The van der Waals surface area contributed by atoms with Crippen molar-refractivity contribution in [1.82, 2.24) is 25.3 Å². The molecule has 2 fully saturated rings. The second-order valence-electron chi connectivity index (χ2n) is 8.34. The molecule has 7 nitrogen and oxygen atoms in total. The van der Waals surface area contributed by atoms with Crippen LogP contribution in [0.25, 0.3) is 5.69 Å². The summed E-state index contributed by atoms with van der Waals surface area (Å²) in [5, 5.41) is 10.6. The van der Waals surface area contributed by atoms with Crippen molar-refractivity contribution < 1.29 is 14.0 Å². The predicted octanol–water partition coefficient (Wildman–Crippen LogP) is 1.81. The first-order chi connectivity index (χ1) is 15.6. The van der Waals surface area contributed by atoms with E-state index < -0.39 is 12.1 Å². The monoisotopic (exact) mass is 433 g/mol. The molecule has 3 aromatic rings. The van der Waals surface area contributed by atoms with E-state index in [2.05, 4.69) is 15.7 Å². The molecule has 1 aromatic heterocycles. The molecule has 2 aliphatic rings. The maximum atomic E-state index is 13.5. The Morgan fingerprint density at radius 2 is 1.94 bits per heavy atom. The van der Waals surface area contributed by atoms with E-state index in [9.17, 15) is 14.0 Å². The number of nitrogens with zero attached hydrogens (tertiary/aromatic N) is 3. The largest absolute Gasteiger partial charge is 0.342 e. The Balaban J connectivity index is 1.20. The molecule has 2 saturated heterocycles. The molecular weight excluding hydrogens is 409 g/mol. The number of rotatable bonds is 6. The van der Waals surface area contributed by atoms with Gasteiger partial charge in [-0.15, -0.1) is 0 Å². The Morgan fingerprint density at radius 3 is 2.75 bits per heavy atom. The van der Waals surface area contributed by atoms with Gasteiger partial charge in [-0.3, -0.25) is 9.59 Å². The van der Waals surface area contributed by atoms with Crippen molar-refractivity contribution in [3.8, 4) is 5.69 Å². The minimum Gasteiger partial charge on any atom is -0.342 e. The molecule has 2 amide bonds. The molecule has 2 aliphatic heterocycles. The van der Waals surface area contributed by atoms with Crippen molar-refractivity contribution in [2.75, 3.05) is 6.54 Å². The average Bonchev–Trinajstić information content (AvgIpc) is 3.44. The molecule has 2 N–H and O–H groups in total. The highest BCUT2D eigenvalue weighted by atomic mass is 19.1. The second-order valence-corrected chi connectivity index (χ2v) is 8.34. The highest BCUT2D eigenvalue weighted by molar-refractivity contribution is 5.97. The summed E-state index contributed by atoms with van der Waals surface area (Å²) >= 11 is 0. The zero-order valence-electron chi connectivity index (χ0n) is 17.4. The molecule has 0 saturated carbocycles. The lowest BCUT2D eigenvalue weighted by Crippen LogP contribution is -2.61. The van der Waals surface area contributed by atoms with Crippen molar-refractivity contribution in [2.45, 2.75) is 37.5 Å². The molecular formula is C24H24FN5O2. The van der Waals surface area contributed by atoms with E-state index in [0.717, 1.165) is 11.1 Å². The molecule has 2 aromatic carbocycles. The van der Waals surface area contributed by atoms with E-state index in [0.29, 0.717) is 31.6 Å². The van der Waals surface area contributed by atoms with Gasteiger partial charge in [-0.05, 0) is 30.2 Å². The van der Waals surface area contributed by atoms with Crippen molar-refractivity contribution >= 4 is 11.8 Å². The Morgan fingerprint density at radius 1 is 1.09 bits per heavy atom. The van der Waals surface area contributed by atoms with Gasteiger partial charge < -0.3 is 15.5 Å². The Hall–Kier alpha value is -3.52. The summed E-state index contributed by atoms with van der Waals surface area (Å²) < 4.78 is 15.1. The van der Waals surface area contributed by atoms with E-state index >= 15 is 0 Å². The van der Waals surface area contributed by atoms with Gasteiger partial charge >= 0.3 is 0 Å². The molecule has 3 atom stereocenters. The van der Waals surface area contributed by atoms with Crippen molar-refractivity contribution in [1.29, 1.82) is 0 Å². The van der Waals surface area contributed by atoms with Gasteiger partial charge in [0.2, 0.25) is 11.8 Å². The minimum atomic E-state index is -0.524. The zero-order valence-corrected chi connectivity index (χ0v) is 17.4. The number of amides is 2. The summed E-state index contributed by atoms with van der Waals surface area (Å²) in [6.45, 7) is 1.05. The summed E-state index contributed by atoms with van der Waals surface area (Å²) in [4.78, 5) is 27.4. The van der Waals surface area contributed by atoms with Crippen LogP contribution in [0.1, 0.15) is 17.5 Å². The fraction of sp³-hybridized carbons (Fsp3) is 0.292. The van der Waals surface area contributed by atoms with Crippen LogP contribution in [-0.2, 0) is 22.6 Å². The molecule has 0 radical (unpaired) electrons. The van der Waals surface area contributed by atoms with Crippen LogP contribution in [0.2, 0.25) is 0 Å². The van der Waals surface area contributed by atoms with E-state index in [-0.39, 0.29) is 23.7 Å². The summed E-state index contributed by atoms with van der Waals surface area (Å²) in [7, 11) is 0. The van der Waals surface area contributed by atoms with Gasteiger partial charge in [0.15, 0.2) is 0 Å². The molecule has 5 rings (SSSR count). The third kappa shape index (κ3) is 4.13. The topological polar surface area (TPSA) is 79.3 Å². The van der Waals surface area contributed by atoms with Gasteiger partial charge in [0.05, 0.1) is 11.9 Å². The molecule has 32 heavy (non-hydrogen) atoms. The maximum absolute atomic E-state index is 13.5. The predicted molar refractivity (Wildman–Crippen MR) is 116 cm³/mol. The van der Waals surface area contributed by atoms with Crippen LogP contribution in [0.15, 0.2) is 67.0 Å². The van der Waals surface area contributed by atoms with E-state index in [1.807, 2.05) is 36.5 Å². The van der Waals surface area contributed by atoms with Crippen molar-refractivity contribution in [3.05, 3.63) is 83.9 Å². The van der Waals surface area contributed by atoms with E-state index in [4.69, 9.17) is 0 Å². The third-order valence-electron chi connectivity index (χ3n) is 6.09. The van der Waals surface area contributed by atoms with Gasteiger partial charge in [0.1, 0.15) is 17.9 Å². The standard InChI is InChI=1S/C24H24FN5O2/c25-18-7-4-8-20(10-18)30-14-17(13-27-30)12-26-19-11-22-23(31)28-21(24(32)29(22)15-19)9-16-5-2-1-3-6-16/h1-8,10,13-14,19,21-22,26H,9,11-12,15H2,(H,28,31)/t19-,21-,22-/m0/s1. The Labute approximate surface area is 185 Å². The van der Waals surface area contributed by atoms with Crippen LogP contribution in [0.3, 0.4) is 0 Å². The highest BCUT2D eigenvalue weighted by Gasteiger charge is 2.46. The van der Waals surface area contributed by atoms with Crippen molar-refractivity contribution in [2.24, 2.45) is 0 Å². The van der Waals surface area contributed by atoms with Crippen LogP contribution in [0.4, 0.5) is 4.39 Å². The fourth-order valence-electron chi connectivity index (χ4n) is 4.47. The minimum absolute atomic E-state index is 0.0164. The van der Waals surface area contributed by atoms with Gasteiger partial charge in [0.25, 0.3) is 0 Å². The van der Waals surface area contributed by atoms with Crippen LogP contribution < -0.4 is 10.6 Å². The van der Waals surface area contributed by atoms with Gasteiger partial charge in [-0.2, -0.15) is 5.10 Å². The molecule has 0 aliphatic carbocycles. The molecule has 0 spiro atoms.